The van der Waals surface area contributed by atoms with E-state index in [2.05, 4.69) is 20.6 Å². The van der Waals surface area contributed by atoms with Crippen LogP contribution in [0.1, 0.15) is 16.6 Å². The zero-order valence-corrected chi connectivity index (χ0v) is 14.8. The molecule has 1 aromatic carbocycles. The standard InChI is InChI=1S/C16H17N5OS2/c1-12-19-20-16(24-12)23-11-15(22)18-14(10-21-9-5-8-17-21)13-6-3-2-4-7-13/h2-9,14H,10-11H2,1H3,(H,18,22)/t14-/m1/s1. The molecule has 3 rings (SSSR count). The molecule has 0 fully saturated rings. The zero-order valence-electron chi connectivity index (χ0n) is 13.1. The Morgan fingerprint density at radius 2 is 2.12 bits per heavy atom. The number of amides is 1. The summed E-state index contributed by atoms with van der Waals surface area (Å²) < 4.78 is 2.63. The van der Waals surface area contributed by atoms with Gasteiger partial charge in [0.1, 0.15) is 5.01 Å². The molecule has 0 radical (unpaired) electrons. The van der Waals surface area contributed by atoms with E-state index in [4.69, 9.17) is 0 Å². The number of aryl methyl sites for hydroxylation is 1. The fraction of sp³-hybridized carbons (Fsp3) is 0.250. The van der Waals surface area contributed by atoms with Crippen molar-refractivity contribution in [3.05, 3.63) is 59.4 Å². The number of nitrogens with zero attached hydrogens (tertiary/aromatic N) is 4. The Bertz CT molecular complexity index is 773. The summed E-state index contributed by atoms with van der Waals surface area (Å²) in [6.45, 7) is 2.49. The number of carbonyl (C=O) groups excluding carboxylic acids is 1. The Balaban J connectivity index is 1.63. The lowest BCUT2D eigenvalue weighted by atomic mass is 10.1. The second-order valence-electron chi connectivity index (χ2n) is 5.13. The van der Waals surface area contributed by atoms with Crippen LogP contribution >= 0.6 is 23.1 Å². The van der Waals surface area contributed by atoms with E-state index >= 15 is 0 Å². The second-order valence-corrected chi connectivity index (χ2v) is 7.54. The first-order valence-corrected chi connectivity index (χ1v) is 9.25. The predicted molar refractivity (Wildman–Crippen MR) is 94.9 cm³/mol. The summed E-state index contributed by atoms with van der Waals surface area (Å²) in [5.74, 6) is 0.283. The van der Waals surface area contributed by atoms with Crippen molar-refractivity contribution in [3.8, 4) is 0 Å². The highest BCUT2D eigenvalue weighted by atomic mass is 32.2. The largest absolute Gasteiger partial charge is 0.347 e. The average Bonchev–Trinajstić information content (AvgIpc) is 3.25. The highest BCUT2D eigenvalue weighted by Crippen LogP contribution is 2.22. The SMILES string of the molecule is Cc1nnc(SCC(=O)N[C@H](Cn2cccn2)c2ccccc2)s1. The van der Waals surface area contributed by atoms with Gasteiger partial charge >= 0.3 is 0 Å². The molecule has 0 bridgehead atoms. The Hall–Kier alpha value is -2.19. The van der Waals surface area contributed by atoms with Crippen LogP contribution < -0.4 is 5.32 Å². The Morgan fingerprint density at radius 1 is 1.29 bits per heavy atom. The van der Waals surface area contributed by atoms with Gasteiger partial charge in [0.25, 0.3) is 0 Å². The molecule has 124 valence electrons. The first-order chi connectivity index (χ1) is 11.7. The Labute approximate surface area is 148 Å². The molecule has 6 nitrogen and oxygen atoms in total. The molecule has 1 amide bonds. The molecule has 0 unspecified atom stereocenters. The third kappa shape index (κ3) is 4.65. The summed E-state index contributed by atoms with van der Waals surface area (Å²) in [7, 11) is 0. The second kappa shape index (κ2) is 8.07. The van der Waals surface area contributed by atoms with Gasteiger partial charge in [0.15, 0.2) is 4.34 Å². The zero-order chi connectivity index (χ0) is 16.8. The van der Waals surface area contributed by atoms with E-state index in [1.807, 2.05) is 54.2 Å². The molecule has 0 saturated carbocycles. The Morgan fingerprint density at radius 3 is 2.79 bits per heavy atom. The molecule has 0 aliphatic heterocycles. The van der Waals surface area contributed by atoms with E-state index in [0.717, 1.165) is 14.9 Å². The third-order valence-corrected chi connectivity index (χ3v) is 5.27. The number of carbonyl (C=O) groups is 1. The van der Waals surface area contributed by atoms with Crippen molar-refractivity contribution in [2.24, 2.45) is 0 Å². The van der Waals surface area contributed by atoms with Gasteiger partial charge in [-0.2, -0.15) is 5.10 Å². The summed E-state index contributed by atoms with van der Waals surface area (Å²) >= 11 is 2.90. The molecule has 1 atom stereocenters. The van der Waals surface area contributed by atoms with E-state index in [1.54, 1.807) is 6.20 Å². The highest BCUT2D eigenvalue weighted by Gasteiger charge is 2.16. The average molecular weight is 359 g/mol. The molecule has 2 aromatic heterocycles. The van der Waals surface area contributed by atoms with Crippen molar-refractivity contribution in [2.75, 3.05) is 5.75 Å². The normalized spacial score (nSPS) is 12.0. The maximum absolute atomic E-state index is 12.3. The minimum atomic E-state index is -0.129. The van der Waals surface area contributed by atoms with Crippen LogP contribution in [0.15, 0.2) is 53.1 Å². The van der Waals surface area contributed by atoms with Gasteiger partial charge in [0.2, 0.25) is 5.91 Å². The van der Waals surface area contributed by atoms with Gasteiger partial charge in [0.05, 0.1) is 18.3 Å². The molecule has 0 aliphatic rings. The topological polar surface area (TPSA) is 72.7 Å². The van der Waals surface area contributed by atoms with Crippen molar-refractivity contribution >= 4 is 29.0 Å². The monoisotopic (exact) mass is 359 g/mol. The van der Waals surface area contributed by atoms with Crippen LogP contribution in [0.25, 0.3) is 0 Å². The molecular formula is C16H17N5OS2. The van der Waals surface area contributed by atoms with Crippen molar-refractivity contribution in [1.29, 1.82) is 0 Å². The number of rotatable bonds is 7. The third-order valence-electron chi connectivity index (χ3n) is 3.30. The van der Waals surface area contributed by atoms with Gasteiger partial charge in [-0.15, -0.1) is 10.2 Å². The molecule has 8 heteroatoms. The first-order valence-electron chi connectivity index (χ1n) is 7.45. The molecule has 0 aliphatic carbocycles. The van der Waals surface area contributed by atoms with Crippen LogP contribution in [-0.2, 0) is 11.3 Å². The fourth-order valence-corrected chi connectivity index (χ4v) is 3.84. The lowest BCUT2D eigenvalue weighted by molar-refractivity contribution is -0.119. The minimum absolute atomic E-state index is 0.0335. The van der Waals surface area contributed by atoms with E-state index < -0.39 is 0 Å². The molecule has 2 heterocycles. The maximum atomic E-state index is 12.3. The number of nitrogens with one attached hydrogen (secondary N) is 1. The Kier molecular flexibility index (Phi) is 5.60. The maximum Gasteiger partial charge on any atom is 0.230 e. The lowest BCUT2D eigenvalue weighted by Gasteiger charge is -2.19. The predicted octanol–water partition coefficient (Wildman–Crippen LogP) is 2.69. The smallest absolute Gasteiger partial charge is 0.230 e. The van der Waals surface area contributed by atoms with Crippen LogP contribution in [-0.4, -0.2) is 31.6 Å². The van der Waals surface area contributed by atoms with Gasteiger partial charge < -0.3 is 5.32 Å². The van der Waals surface area contributed by atoms with Crippen LogP contribution in [0.4, 0.5) is 0 Å². The van der Waals surface area contributed by atoms with Crippen LogP contribution in [0.5, 0.6) is 0 Å². The van der Waals surface area contributed by atoms with Gasteiger partial charge in [-0.1, -0.05) is 53.4 Å². The first kappa shape index (κ1) is 16.7. The number of benzene rings is 1. The summed E-state index contributed by atoms with van der Waals surface area (Å²) in [6.07, 6.45) is 3.62. The van der Waals surface area contributed by atoms with Crippen molar-refractivity contribution in [1.82, 2.24) is 25.3 Å². The van der Waals surface area contributed by atoms with Crippen molar-refractivity contribution in [2.45, 2.75) is 23.8 Å². The van der Waals surface area contributed by atoms with E-state index in [-0.39, 0.29) is 11.9 Å². The summed E-state index contributed by atoms with van der Waals surface area (Å²) in [5.41, 5.74) is 1.05. The van der Waals surface area contributed by atoms with Crippen molar-refractivity contribution < 1.29 is 4.79 Å². The number of hydrogen-bond donors (Lipinski definition) is 1. The molecule has 24 heavy (non-hydrogen) atoms. The van der Waals surface area contributed by atoms with Crippen LogP contribution in [0, 0.1) is 6.92 Å². The van der Waals surface area contributed by atoms with E-state index in [1.165, 1.54) is 23.1 Å². The quantitative estimate of drug-likeness (QED) is 0.657. The number of thioether (sulfide) groups is 1. The van der Waals surface area contributed by atoms with Gasteiger partial charge in [-0.05, 0) is 18.6 Å². The molecule has 0 spiro atoms. The number of hydrogen-bond acceptors (Lipinski definition) is 6. The van der Waals surface area contributed by atoms with E-state index in [0.29, 0.717) is 12.3 Å². The lowest BCUT2D eigenvalue weighted by Crippen LogP contribution is -2.32. The highest BCUT2D eigenvalue weighted by molar-refractivity contribution is 8.01. The fourth-order valence-electron chi connectivity index (χ4n) is 2.22. The molecule has 3 aromatic rings. The summed E-state index contributed by atoms with van der Waals surface area (Å²) in [5, 5.41) is 16.2. The summed E-state index contributed by atoms with van der Waals surface area (Å²) in [4.78, 5) is 12.3. The van der Waals surface area contributed by atoms with Crippen LogP contribution in [0.3, 0.4) is 0 Å². The molecule has 1 N–H and O–H groups in total. The molecule has 0 saturated heterocycles. The van der Waals surface area contributed by atoms with Gasteiger partial charge in [0, 0.05) is 12.4 Å². The van der Waals surface area contributed by atoms with Crippen LogP contribution in [0.2, 0.25) is 0 Å². The van der Waals surface area contributed by atoms with Crippen molar-refractivity contribution in [3.63, 3.8) is 0 Å². The number of aromatic nitrogens is 4. The van der Waals surface area contributed by atoms with E-state index in [9.17, 15) is 4.79 Å². The minimum Gasteiger partial charge on any atom is -0.347 e. The summed E-state index contributed by atoms with van der Waals surface area (Å²) in [6, 6.07) is 11.7. The molecular weight excluding hydrogens is 342 g/mol. The van der Waals surface area contributed by atoms with Gasteiger partial charge in [-0.3, -0.25) is 9.48 Å². The van der Waals surface area contributed by atoms with Gasteiger partial charge in [-0.25, -0.2) is 0 Å².